The Morgan fingerprint density at radius 2 is 1.12 bits per heavy atom. The number of carbonyl (C=O) groups excluding carboxylic acids is 2. The van der Waals surface area contributed by atoms with Crippen LogP contribution in [0, 0.1) is 0 Å². The molecule has 2 amide bonds. The van der Waals surface area contributed by atoms with Crippen LogP contribution in [-0.2, 0) is 9.59 Å². The minimum Gasteiger partial charge on any atom is -0.277 e. The number of carbonyl (C=O) groups is 2. The second-order valence-corrected chi connectivity index (χ2v) is 8.49. The first-order valence-electron chi connectivity index (χ1n) is 8.50. The van der Waals surface area contributed by atoms with Crippen LogP contribution in [0.3, 0.4) is 0 Å². The van der Waals surface area contributed by atoms with Crippen LogP contribution in [0.4, 0.5) is 11.4 Å². The van der Waals surface area contributed by atoms with Gasteiger partial charge in [-0.2, -0.15) is 0 Å². The van der Waals surface area contributed by atoms with E-state index in [0.717, 1.165) is 35.3 Å². The summed E-state index contributed by atoms with van der Waals surface area (Å²) < 4.78 is 3.05. The summed E-state index contributed by atoms with van der Waals surface area (Å²) in [6.07, 6.45) is 1.54. The molecule has 0 heterocycles. The van der Waals surface area contributed by atoms with Crippen LogP contribution in [0.5, 0.6) is 0 Å². The van der Waals surface area contributed by atoms with Gasteiger partial charge in [-0.15, -0.1) is 0 Å². The number of anilines is 2. The molecule has 2 aromatic carbocycles. The predicted molar refractivity (Wildman–Crippen MR) is 113 cm³/mol. The van der Waals surface area contributed by atoms with E-state index in [1.165, 1.54) is 30.6 Å². The molecule has 0 saturated heterocycles. The molecule has 0 aliphatic rings. The average molecular weight is 389 g/mol. The quantitative estimate of drug-likeness (QED) is 0.311. The lowest BCUT2D eigenvalue weighted by atomic mass is 10.0. The molecular weight excluding hydrogens is 364 g/mol. The molecule has 0 atom stereocenters. The van der Waals surface area contributed by atoms with E-state index in [4.69, 9.17) is 0 Å². The maximum atomic E-state index is 11.6. The van der Waals surface area contributed by atoms with E-state index in [0.29, 0.717) is 11.8 Å². The van der Waals surface area contributed by atoms with Crippen molar-refractivity contribution in [2.45, 2.75) is 39.5 Å². The first-order chi connectivity index (χ1) is 12.5. The van der Waals surface area contributed by atoms with Crippen molar-refractivity contribution in [3.05, 3.63) is 59.7 Å². The Kier molecular flexibility index (Phi) is 7.60. The smallest absolute Gasteiger partial charge is 0.224 e. The lowest BCUT2D eigenvalue weighted by molar-refractivity contribution is -0.107. The number of hydrogen-bond donors (Lipinski definition) is 0. The molecule has 2 rings (SSSR count). The van der Waals surface area contributed by atoms with Gasteiger partial charge in [0.1, 0.15) is 0 Å². The maximum Gasteiger partial charge on any atom is 0.224 e. The number of rotatable bonds is 9. The molecule has 0 radical (unpaired) electrons. The normalized spacial score (nSPS) is 10.8. The summed E-state index contributed by atoms with van der Waals surface area (Å²) >= 11 is 0. The third-order valence-corrected chi connectivity index (χ3v) is 6.11. The Balaban J connectivity index is 2.13. The van der Waals surface area contributed by atoms with Gasteiger partial charge in [-0.3, -0.25) is 9.59 Å². The SMILES string of the molecule is CC(C)c1cccc(N(C=O)SSN(C=O)c2cccc(C(C)C)c2)c1. The van der Waals surface area contributed by atoms with Gasteiger partial charge in [0.25, 0.3) is 0 Å². The van der Waals surface area contributed by atoms with Crippen LogP contribution in [0.15, 0.2) is 48.5 Å². The van der Waals surface area contributed by atoms with Gasteiger partial charge in [-0.1, -0.05) is 52.0 Å². The molecule has 0 aliphatic carbocycles. The lowest BCUT2D eigenvalue weighted by Gasteiger charge is -2.21. The third-order valence-electron chi connectivity index (χ3n) is 3.97. The minimum atomic E-state index is 0.381. The number of nitrogens with zero attached hydrogens (tertiary/aromatic N) is 2. The van der Waals surface area contributed by atoms with Crippen LogP contribution in [0.1, 0.15) is 50.7 Å². The van der Waals surface area contributed by atoms with Crippen LogP contribution in [0.2, 0.25) is 0 Å². The molecule has 4 nitrogen and oxygen atoms in total. The topological polar surface area (TPSA) is 40.6 Å². The summed E-state index contributed by atoms with van der Waals surface area (Å²) in [6.45, 7) is 8.45. The van der Waals surface area contributed by atoms with Crippen molar-refractivity contribution in [2.24, 2.45) is 0 Å². The van der Waals surface area contributed by atoms with E-state index in [1.54, 1.807) is 0 Å². The van der Waals surface area contributed by atoms with Crippen molar-refractivity contribution in [3.8, 4) is 0 Å². The monoisotopic (exact) mass is 388 g/mol. The van der Waals surface area contributed by atoms with Crippen LogP contribution < -0.4 is 8.61 Å². The molecule has 0 spiro atoms. The van der Waals surface area contributed by atoms with Gasteiger partial charge >= 0.3 is 0 Å². The van der Waals surface area contributed by atoms with Crippen molar-refractivity contribution < 1.29 is 9.59 Å². The van der Waals surface area contributed by atoms with Gasteiger partial charge < -0.3 is 0 Å². The molecule has 0 bridgehead atoms. The van der Waals surface area contributed by atoms with Crippen molar-refractivity contribution in [1.29, 1.82) is 0 Å². The Hall–Kier alpha value is -1.92. The van der Waals surface area contributed by atoms with Gasteiger partial charge in [0.15, 0.2) is 0 Å². The van der Waals surface area contributed by atoms with Gasteiger partial charge in [0.05, 0.1) is 33.3 Å². The molecule has 0 fully saturated rings. The first kappa shape index (κ1) is 20.4. The fraction of sp³-hybridized carbons (Fsp3) is 0.300. The van der Waals surface area contributed by atoms with E-state index in [-0.39, 0.29) is 0 Å². The lowest BCUT2D eigenvalue weighted by Crippen LogP contribution is -2.15. The molecule has 0 aromatic heterocycles. The molecule has 6 heteroatoms. The minimum absolute atomic E-state index is 0.381. The number of hydrogen-bond acceptors (Lipinski definition) is 4. The van der Waals surface area contributed by atoms with Crippen LogP contribution >= 0.6 is 22.0 Å². The van der Waals surface area contributed by atoms with Crippen molar-refractivity contribution in [1.82, 2.24) is 0 Å². The largest absolute Gasteiger partial charge is 0.277 e. The molecule has 0 saturated carbocycles. The van der Waals surface area contributed by atoms with E-state index in [9.17, 15) is 9.59 Å². The first-order valence-corrected chi connectivity index (χ1v) is 10.6. The summed E-state index contributed by atoms with van der Waals surface area (Å²) in [6, 6.07) is 15.7. The molecule has 138 valence electrons. The summed E-state index contributed by atoms with van der Waals surface area (Å²) in [5.74, 6) is 0.762. The van der Waals surface area contributed by atoms with Crippen LogP contribution in [0.25, 0.3) is 0 Å². The fourth-order valence-electron chi connectivity index (χ4n) is 2.36. The number of benzene rings is 2. The maximum absolute atomic E-state index is 11.6. The summed E-state index contributed by atoms with van der Waals surface area (Å²) in [5.41, 5.74) is 3.92. The average Bonchev–Trinajstić information content (AvgIpc) is 2.65. The Labute approximate surface area is 163 Å². The van der Waals surface area contributed by atoms with E-state index in [2.05, 4.69) is 27.7 Å². The van der Waals surface area contributed by atoms with E-state index < -0.39 is 0 Å². The zero-order chi connectivity index (χ0) is 19.1. The summed E-state index contributed by atoms with van der Waals surface area (Å²) in [4.78, 5) is 23.1. The highest BCUT2D eigenvalue weighted by Gasteiger charge is 2.14. The van der Waals surface area contributed by atoms with Gasteiger partial charge in [0.2, 0.25) is 12.8 Å². The standard InChI is InChI=1S/C20H24N2O2S2/c1-15(2)17-7-5-9-19(11-17)21(13-23)25-26-22(14-24)20-10-6-8-18(12-20)16(3)4/h5-16H,1-4H3. The molecule has 0 N–H and O–H groups in total. The van der Waals surface area contributed by atoms with Gasteiger partial charge in [-0.25, -0.2) is 8.61 Å². The molecular formula is C20H24N2O2S2. The second kappa shape index (κ2) is 9.69. The highest BCUT2D eigenvalue weighted by molar-refractivity contribution is 8.78. The van der Waals surface area contributed by atoms with Gasteiger partial charge in [0, 0.05) is 0 Å². The Morgan fingerprint density at radius 3 is 1.42 bits per heavy atom. The third kappa shape index (κ3) is 5.29. The number of amides is 2. The van der Waals surface area contributed by atoms with E-state index in [1.807, 2.05) is 48.5 Å². The Bertz CT molecular complexity index is 687. The van der Waals surface area contributed by atoms with E-state index >= 15 is 0 Å². The van der Waals surface area contributed by atoms with Crippen molar-refractivity contribution in [3.63, 3.8) is 0 Å². The molecule has 26 heavy (non-hydrogen) atoms. The zero-order valence-corrected chi connectivity index (χ0v) is 17.1. The summed E-state index contributed by atoms with van der Waals surface area (Å²) in [5, 5.41) is 0. The fourth-order valence-corrected chi connectivity index (χ4v) is 4.13. The zero-order valence-electron chi connectivity index (χ0n) is 15.5. The van der Waals surface area contributed by atoms with Crippen molar-refractivity contribution >= 4 is 46.2 Å². The molecule has 0 aliphatic heterocycles. The predicted octanol–water partition coefficient (Wildman–Crippen LogP) is 5.77. The van der Waals surface area contributed by atoms with Crippen LogP contribution in [-0.4, -0.2) is 12.8 Å². The molecule has 0 unspecified atom stereocenters. The van der Waals surface area contributed by atoms with Crippen molar-refractivity contribution in [2.75, 3.05) is 8.61 Å². The Morgan fingerprint density at radius 1 is 0.731 bits per heavy atom. The highest BCUT2D eigenvalue weighted by atomic mass is 33.1. The van der Waals surface area contributed by atoms with Gasteiger partial charge in [-0.05, 0) is 47.2 Å². The highest BCUT2D eigenvalue weighted by Crippen LogP contribution is 2.36. The second-order valence-electron chi connectivity index (χ2n) is 6.51. The summed E-state index contributed by atoms with van der Waals surface area (Å²) in [7, 11) is 2.43. The molecule has 2 aromatic rings.